The number of rotatable bonds is 5. The van der Waals surface area contributed by atoms with E-state index in [2.05, 4.69) is 54.5 Å². The molecule has 1 fully saturated rings. The number of hydrogen-bond donors (Lipinski definition) is 1. The fraction of sp³-hybridized carbons (Fsp3) is 0.625. The number of nitrogens with one attached hydrogen (secondary N) is 1. The number of hydrogen-bond acceptors (Lipinski definition) is 2. The van der Waals surface area contributed by atoms with E-state index in [-0.39, 0.29) is 0 Å². The largest absolute Gasteiger partial charge is 0.316 e. The number of likely N-dealkylation sites (tertiary alicyclic amines) is 1. The first-order chi connectivity index (χ1) is 8.75. The lowest BCUT2D eigenvalue weighted by atomic mass is 9.96. The molecule has 2 rings (SSSR count). The van der Waals surface area contributed by atoms with E-state index in [0.717, 1.165) is 12.5 Å². The van der Waals surface area contributed by atoms with E-state index in [9.17, 15) is 0 Å². The van der Waals surface area contributed by atoms with Crippen LogP contribution in [-0.4, -0.2) is 38.1 Å². The minimum absolute atomic E-state index is 0.609. The van der Waals surface area contributed by atoms with Crippen molar-refractivity contribution in [2.45, 2.75) is 25.7 Å². The van der Waals surface area contributed by atoms with Crippen LogP contribution in [0.15, 0.2) is 30.3 Å². The lowest BCUT2D eigenvalue weighted by Gasteiger charge is -2.29. The molecule has 1 aliphatic heterocycles. The van der Waals surface area contributed by atoms with Gasteiger partial charge in [0.25, 0.3) is 0 Å². The van der Waals surface area contributed by atoms with Crippen molar-refractivity contribution in [2.75, 3.05) is 33.2 Å². The van der Waals surface area contributed by atoms with Crippen LogP contribution < -0.4 is 5.32 Å². The molecule has 0 saturated carbocycles. The Morgan fingerprint density at radius 2 is 1.89 bits per heavy atom. The zero-order chi connectivity index (χ0) is 12.8. The minimum Gasteiger partial charge on any atom is -0.316 e. The molecule has 1 N–H and O–H groups in total. The van der Waals surface area contributed by atoms with E-state index in [4.69, 9.17) is 0 Å². The van der Waals surface area contributed by atoms with Crippen LogP contribution in [0.3, 0.4) is 0 Å². The first-order valence-electron chi connectivity index (χ1n) is 7.20. The summed E-state index contributed by atoms with van der Waals surface area (Å²) in [4.78, 5) is 2.43. The number of benzene rings is 1. The average molecular weight is 246 g/mol. The third kappa shape index (κ3) is 4.11. The van der Waals surface area contributed by atoms with Crippen LogP contribution in [0.4, 0.5) is 0 Å². The van der Waals surface area contributed by atoms with Crippen LogP contribution in [0.5, 0.6) is 0 Å². The molecule has 1 heterocycles. The molecule has 2 nitrogen and oxygen atoms in total. The van der Waals surface area contributed by atoms with Crippen molar-refractivity contribution in [3.63, 3.8) is 0 Å². The van der Waals surface area contributed by atoms with E-state index < -0.39 is 0 Å². The zero-order valence-corrected chi connectivity index (χ0v) is 11.7. The molecular weight excluding hydrogens is 220 g/mol. The number of nitrogens with zero attached hydrogens (tertiary/aromatic N) is 1. The predicted octanol–water partition coefficient (Wildman–Crippen LogP) is 2.72. The fourth-order valence-electron chi connectivity index (χ4n) is 2.67. The van der Waals surface area contributed by atoms with Crippen molar-refractivity contribution in [2.24, 2.45) is 5.92 Å². The zero-order valence-electron chi connectivity index (χ0n) is 11.7. The predicted molar refractivity (Wildman–Crippen MR) is 77.9 cm³/mol. The van der Waals surface area contributed by atoms with Gasteiger partial charge in [0.15, 0.2) is 0 Å². The van der Waals surface area contributed by atoms with Crippen molar-refractivity contribution in [1.29, 1.82) is 0 Å². The molecule has 1 aromatic carbocycles. The summed E-state index contributed by atoms with van der Waals surface area (Å²) in [5, 5.41) is 3.65. The SMILES string of the molecule is CC(CNCC1CCN(C)CC1)c1ccccc1. The highest BCUT2D eigenvalue weighted by molar-refractivity contribution is 5.18. The van der Waals surface area contributed by atoms with Crippen molar-refractivity contribution < 1.29 is 0 Å². The second-order valence-electron chi connectivity index (χ2n) is 5.72. The van der Waals surface area contributed by atoms with Gasteiger partial charge in [-0.25, -0.2) is 0 Å². The van der Waals surface area contributed by atoms with Gasteiger partial charge < -0.3 is 10.2 Å². The molecular formula is C16H26N2. The topological polar surface area (TPSA) is 15.3 Å². The fourth-order valence-corrected chi connectivity index (χ4v) is 2.67. The maximum Gasteiger partial charge on any atom is 0.00176 e. The molecule has 0 bridgehead atoms. The van der Waals surface area contributed by atoms with Crippen molar-refractivity contribution in [3.8, 4) is 0 Å². The van der Waals surface area contributed by atoms with Gasteiger partial charge in [-0.05, 0) is 56.9 Å². The molecule has 2 heteroatoms. The Kier molecular flexibility index (Phi) is 5.21. The van der Waals surface area contributed by atoms with Gasteiger partial charge in [0, 0.05) is 6.54 Å². The van der Waals surface area contributed by atoms with Gasteiger partial charge >= 0.3 is 0 Å². The molecule has 0 radical (unpaired) electrons. The highest BCUT2D eigenvalue weighted by Gasteiger charge is 2.16. The van der Waals surface area contributed by atoms with Gasteiger partial charge in [-0.1, -0.05) is 37.3 Å². The summed E-state index contributed by atoms with van der Waals surface area (Å²) >= 11 is 0. The molecule has 1 unspecified atom stereocenters. The minimum atomic E-state index is 0.609. The summed E-state index contributed by atoms with van der Waals surface area (Å²) in [5.41, 5.74) is 1.44. The molecule has 1 atom stereocenters. The van der Waals surface area contributed by atoms with Crippen LogP contribution in [0, 0.1) is 5.92 Å². The second-order valence-corrected chi connectivity index (χ2v) is 5.72. The van der Waals surface area contributed by atoms with Crippen LogP contribution >= 0.6 is 0 Å². The smallest absolute Gasteiger partial charge is 0.00176 e. The maximum absolute atomic E-state index is 3.65. The van der Waals surface area contributed by atoms with Crippen LogP contribution in [0.2, 0.25) is 0 Å². The monoisotopic (exact) mass is 246 g/mol. The Labute approximate surface area is 111 Å². The van der Waals surface area contributed by atoms with Gasteiger partial charge in [0.2, 0.25) is 0 Å². The summed E-state index contributed by atoms with van der Waals surface area (Å²) in [7, 11) is 2.22. The Morgan fingerprint density at radius 1 is 1.22 bits per heavy atom. The molecule has 1 aromatic rings. The quantitative estimate of drug-likeness (QED) is 0.859. The molecule has 0 spiro atoms. The third-order valence-electron chi connectivity index (χ3n) is 4.09. The molecule has 0 amide bonds. The molecule has 18 heavy (non-hydrogen) atoms. The first kappa shape index (κ1) is 13.6. The summed E-state index contributed by atoms with van der Waals surface area (Å²) in [5.74, 6) is 1.49. The Hall–Kier alpha value is -0.860. The molecule has 1 aliphatic rings. The normalized spacial score (nSPS) is 19.9. The summed E-state index contributed by atoms with van der Waals surface area (Å²) in [6, 6.07) is 10.8. The Bertz CT molecular complexity index is 328. The Morgan fingerprint density at radius 3 is 2.56 bits per heavy atom. The van der Waals surface area contributed by atoms with Gasteiger partial charge in [-0.3, -0.25) is 0 Å². The standard InChI is InChI=1S/C16H26N2/c1-14(16-6-4-3-5-7-16)12-17-13-15-8-10-18(2)11-9-15/h3-7,14-15,17H,8-13H2,1-2H3. The van der Waals surface area contributed by atoms with E-state index in [1.54, 1.807) is 0 Å². The number of piperidine rings is 1. The van der Waals surface area contributed by atoms with E-state index in [1.165, 1.54) is 38.0 Å². The highest BCUT2D eigenvalue weighted by atomic mass is 15.1. The van der Waals surface area contributed by atoms with Gasteiger partial charge in [-0.15, -0.1) is 0 Å². The van der Waals surface area contributed by atoms with Crippen LogP contribution in [0.25, 0.3) is 0 Å². The highest BCUT2D eigenvalue weighted by Crippen LogP contribution is 2.16. The van der Waals surface area contributed by atoms with E-state index in [1.807, 2.05) is 0 Å². The van der Waals surface area contributed by atoms with Crippen LogP contribution in [0.1, 0.15) is 31.2 Å². The van der Waals surface area contributed by atoms with E-state index >= 15 is 0 Å². The van der Waals surface area contributed by atoms with Gasteiger partial charge in [-0.2, -0.15) is 0 Å². The van der Waals surface area contributed by atoms with Crippen molar-refractivity contribution in [1.82, 2.24) is 10.2 Å². The maximum atomic E-state index is 3.65. The summed E-state index contributed by atoms with van der Waals surface area (Å²) < 4.78 is 0. The first-order valence-corrected chi connectivity index (χ1v) is 7.20. The molecule has 1 saturated heterocycles. The lowest BCUT2D eigenvalue weighted by molar-refractivity contribution is 0.216. The Balaban J connectivity index is 1.66. The van der Waals surface area contributed by atoms with Crippen molar-refractivity contribution >= 4 is 0 Å². The lowest BCUT2D eigenvalue weighted by Crippen LogP contribution is -2.35. The third-order valence-corrected chi connectivity index (χ3v) is 4.09. The summed E-state index contributed by atoms with van der Waals surface area (Å²) in [6.45, 7) is 7.11. The van der Waals surface area contributed by atoms with Crippen LogP contribution in [-0.2, 0) is 0 Å². The van der Waals surface area contributed by atoms with Crippen molar-refractivity contribution in [3.05, 3.63) is 35.9 Å². The van der Waals surface area contributed by atoms with E-state index in [0.29, 0.717) is 5.92 Å². The molecule has 100 valence electrons. The molecule has 0 aliphatic carbocycles. The van der Waals surface area contributed by atoms with Gasteiger partial charge in [0.05, 0.1) is 0 Å². The van der Waals surface area contributed by atoms with Gasteiger partial charge in [0.1, 0.15) is 0 Å². The molecule has 0 aromatic heterocycles. The summed E-state index contributed by atoms with van der Waals surface area (Å²) in [6.07, 6.45) is 2.70. The average Bonchev–Trinajstić information content (AvgIpc) is 2.42. The second kappa shape index (κ2) is 6.91.